The summed E-state index contributed by atoms with van der Waals surface area (Å²) in [7, 11) is 0. The van der Waals surface area contributed by atoms with Crippen LogP contribution in [0, 0.1) is 0 Å². The average Bonchev–Trinajstić information content (AvgIpc) is 2.20. The zero-order valence-corrected chi connectivity index (χ0v) is 9.56. The Morgan fingerprint density at radius 1 is 1.44 bits per heavy atom. The van der Waals surface area contributed by atoms with E-state index in [0.717, 1.165) is 11.4 Å². The molecule has 4 heteroatoms. The highest BCUT2D eigenvalue weighted by molar-refractivity contribution is 5.68. The van der Waals surface area contributed by atoms with E-state index in [-0.39, 0.29) is 12.5 Å². The number of carbonyl (C=O) groups is 1. The Kier molecular flexibility index (Phi) is 4.64. The van der Waals surface area contributed by atoms with Gasteiger partial charge < -0.3 is 15.2 Å². The van der Waals surface area contributed by atoms with Crippen molar-refractivity contribution < 1.29 is 14.6 Å². The number of rotatable bonds is 6. The van der Waals surface area contributed by atoms with E-state index in [1.54, 1.807) is 0 Å². The van der Waals surface area contributed by atoms with Crippen molar-refractivity contribution in [1.82, 2.24) is 0 Å². The molecule has 1 atom stereocenters. The first-order chi connectivity index (χ1) is 7.61. The SMILES string of the molecule is CCOc1ccc(NC(C)CC(=O)O)cc1. The summed E-state index contributed by atoms with van der Waals surface area (Å²) < 4.78 is 5.31. The summed E-state index contributed by atoms with van der Waals surface area (Å²) in [5.41, 5.74) is 0.900. The number of ether oxygens (including phenoxy) is 1. The number of carboxylic acids is 1. The molecular weight excluding hydrogens is 206 g/mol. The lowest BCUT2D eigenvalue weighted by molar-refractivity contribution is -0.137. The maximum Gasteiger partial charge on any atom is 0.305 e. The molecule has 0 saturated carbocycles. The minimum Gasteiger partial charge on any atom is -0.494 e. The van der Waals surface area contributed by atoms with Crippen molar-refractivity contribution in [2.45, 2.75) is 26.3 Å². The fourth-order valence-corrected chi connectivity index (χ4v) is 1.41. The third-order valence-electron chi connectivity index (χ3n) is 2.06. The molecule has 1 aromatic carbocycles. The van der Waals surface area contributed by atoms with Gasteiger partial charge in [-0.25, -0.2) is 0 Å². The third-order valence-corrected chi connectivity index (χ3v) is 2.06. The van der Waals surface area contributed by atoms with Crippen LogP contribution in [-0.2, 0) is 4.79 Å². The molecule has 1 aromatic rings. The number of hydrogen-bond donors (Lipinski definition) is 2. The van der Waals surface area contributed by atoms with Gasteiger partial charge in [-0.1, -0.05) is 0 Å². The molecule has 0 aliphatic rings. The smallest absolute Gasteiger partial charge is 0.305 e. The summed E-state index contributed by atoms with van der Waals surface area (Å²) in [5.74, 6) is 0.0184. The number of anilines is 1. The summed E-state index contributed by atoms with van der Waals surface area (Å²) >= 11 is 0. The molecule has 0 fully saturated rings. The Balaban J connectivity index is 2.51. The Morgan fingerprint density at radius 3 is 2.56 bits per heavy atom. The van der Waals surface area contributed by atoms with Crippen LogP contribution in [0.25, 0.3) is 0 Å². The Bertz CT molecular complexity index is 335. The molecular formula is C12H17NO3. The monoisotopic (exact) mass is 223 g/mol. The van der Waals surface area contributed by atoms with Gasteiger partial charge in [0.2, 0.25) is 0 Å². The van der Waals surface area contributed by atoms with Crippen LogP contribution in [0.15, 0.2) is 24.3 Å². The van der Waals surface area contributed by atoms with E-state index < -0.39 is 5.97 Å². The van der Waals surface area contributed by atoms with Crippen molar-refractivity contribution in [3.05, 3.63) is 24.3 Å². The van der Waals surface area contributed by atoms with Crippen LogP contribution in [0.3, 0.4) is 0 Å². The van der Waals surface area contributed by atoms with Crippen molar-refractivity contribution >= 4 is 11.7 Å². The predicted octanol–water partition coefficient (Wildman–Crippen LogP) is 2.36. The van der Waals surface area contributed by atoms with Gasteiger partial charge in [0, 0.05) is 11.7 Å². The number of hydrogen-bond acceptors (Lipinski definition) is 3. The fraction of sp³-hybridized carbons (Fsp3) is 0.417. The standard InChI is InChI=1S/C12H17NO3/c1-3-16-11-6-4-10(5-7-11)13-9(2)8-12(14)15/h4-7,9,13H,3,8H2,1-2H3,(H,14,15). The molecule has 0 aromatic heterocycles. The van der Waals surface area contributed by atoms with Crippen molar-refractivity contribution in [2.75, 3.05) is 11.9 Å². The van der Waals surface area contributed by atoms with Gasteiger partial charge in [0.25, 0.3) is 0 Å². The van der Waals surface area contributed by atoms with E-state index in [9.17, 15) is 4.79 Å². The maximum atomic E-state index is 10.5. The molecule has 0 aliphatic carbocycles. The van der Waals surface area contributed by atoms with E-state index in [1.165, 1.54) is 0 Å². The van der Waals surface area contributed by atoms with Crippen molar-refractivity contribution in [3.63, 3.8) is 0 Å². The number of aliphatic carboxylic acids is 1. The van der Waals surface area contributed by atoms with Crippen LogP contribution >= 0.6 is 0 Å². The molecule has 0 aliphatic heterocycles. The summed E-state index contributed by atoms with van der Waals surface area (Å²) in [6, 6.07) is 7.39. The largest absolute Gasteiger partial charge is 0.494 e. The minimum absolute atomic E-state index is 0.0876. The van der Waals surface area contributed by atoms with Crippen molar-refractivity contribution in [1.29, 1.82) is 0 Å². The van der Waals surface area contributed by atoms with Gasteiger partial charge in [0.05, 0.1) is 13.0 Å². The molecule has 0 amide bonds. The first-order valence-corrected chi connectivity index (χ1v) is 5.33. The molecule has 1 rings (SSSR count). The lowest BCUT2D eigenvalue weighted by Gasteiger charge is -2.13. The topological polar surface area (TPSA) is 58.6 Å². The van der Waals surface area contributed by atoms with Crippen LogP contribution in [0.5, 0.6) is 5.75 Å². The summed E-state index contributed by atoms with van der Waals surface area (Å²) in [5, 5.41) is 11.7. The molecule has 0 heterocycles. The Morgan fingerprint density at radius 2 is 2.06 bits per heavy atom. The van der Waals surface area contributed by atoms with Gasteiger partial charge >= 0.3 is 5.97 Å². The van der Waals surface area contributed by atoms with Gasteiger partial charge in [-0.05, 0) is 38.1 Å². The van der Waals surface area contributed by atoms with Gasteiger partial charge in [-0.2, -0.15) is 0 Å². The fourth-order valence-electron chi connectivity index (χ4n) is 1.41. The Labute approximate surface area is 95.2 Å². The second kappa shape index (κ2) is 6.00. The van der Waals surface area contributed by atoms with E-state index in [4.69, 9.17) is 9.84 Å². The van der Waals surface area contributed by atoms with Crippen LogP contribution in [-0.4, -0.2) is 23.7 Å². The molecule has 2 N–H and O–H groups in total. The van der Waals surface area contributed by atoms with E-state index in [0.29, 0.717) is 6.61 Å². The zero-order valence-electron chi connectivity index (χ0n) is 9.56. The highest BCUT2D eigenvalue weighted by Crippen LogP contribution is 2.16. The van der Waals surface area contributed by atoms with Crippen molar-refractivity contribution in [2.24, 2.45) is 0 Å². The molecule has 0 radical (unpaired) electrons. The normalized spacial score (nSPS) is 11.9. The highest BCUT2D eigenvalue weighted by atomic mass is 16.5. The lowest BCUT2D eigenvalue weighted by Crippen LogP contribution is -2.19. The number of benzene rings is 1. The number of carboxylic acid groups (broad SMARTS) is 1. The van der Waals surface area contributed by atoms with Crippen LogP contribution < -0.4 is 10.1 Å². The summed E-state index contributed by atoms with van der Waals surface area (Å²) in [6.45, 7) is 4.41. The minimum atomic E-state index is -0.800. The van der Waals surface area contributed by atoms with Gasteiger partial charge in [-0.3, -0.25) is 4.79 Å². The molecule has 0 saturated heterocycles. The molecule has 4 nitrogen and oxygen atoms in total. The molecule has 0 bridgehead atoms. The first-order valence-electron chi connectivity index (χ1n) is 5.33. The van der Waals surface area contributed by atoms with E-state index >= 15 is 0 Å². The van der Waals surface area contributed by atoms with E-state index in [2.05, 4.69) is 5.32 Å². The highest BCUT2D eigenvalue weighted by Gasteiger charge is 2.06. The molecule has 16 heavy (non-hydrogen) atoms. The molecule has 0 spiro atoms. The summed E-state index contributed by atoms with van der Waals surface area (Å²) in [6.07, 6.45) is 0.104. The van der Waals surface area contributed by atoms with Gasteiger partial charge in [0.15, 0.2) is 0 Å². The van der Waals surface area contributed by atoms with Crippen LogP contribution in [0.4, 0.5) is 5.69 Å². The predicted molar refractivity (Wildman–Crippen MR) is 62.9 cm³/mol. The maximum absolute atomic E-state index is 10.5. The van der Waals surface area contributed by atoms with Gasteiger partial charge in [-0.15, -0.1) is 0 Å². The van der Waals surface area contributed by atoms with Gasteiger partial charge in [0.1, 0.15) is 5.75 Å². The number of nitrogens with one attached hydrogen (secondary N) is 1. The second-order valence-electron chi connectivity index (χ2n) is 3.60. The second-order valence-corrected chi connectivity index (χ2v) is 3.60. The van der Waals surface area contributed by atoms with Crippen LogP contribution in [0.1, 0.15) is 20.3 Å². The van der Waals surface area contributed by atoms with Crippen molar-refractivity contribution in [3.8, 4) is 5.75 Å². The Hall–Kier alpha value is -1.71. The van der Waals surface area contributed by atoms with E-state index in [1.807, 2.05) is 38.1 Å². The molecule has 88 valence electrons. The van der Waals surface area contributed by atoms with Crippen LogP contribution in [0.2, 0.25) is 0 Å². The molecule has 1 unspecified atom stereocenters. The quantitative estimate of drug-likeness (QED) is 0.777. The summed E-state index contributed by atoms with van der Waals surface area (Å²) in [4.78, 5) is 10.5. The third kappa shape index (κ3) is 4.21. The lowest BCUT2D eigenvalue weighted by atomic mass is 10.2. The average molecular weight is 223 g/mol. The first kappa shape index (κ1) is 12.4. The zero-order chi connectivity index (χ0) is 12.0.